The highest BCUT2D eigenvalue weighted by Crippen LogP contribution is 2.49. The summed E-state index contributed by atoms with van der Waals surface area (Å²) in [6.45, 7) is 0. The first kappa shape index (κ1) is 10.5. The minimum absolute atomic E-state index is 0.374. The summed E-state index contributed by atoms with van der Waals surface area (Å²) in [7, 11) is 0. The van der Waals surface area contributed by atoms with Crippen LogP contribution in [-0.2, 0) is 23.2 Å². The lowest BCUT2D eigenvalue weighted by Crippen LogP contribution is -2.32. The van der Waals surface area contributed by atoms with Crippen LogP contribution in [0.3, 0.4) is 0 Å². The zero-order chi connectivity index (χ0) is 11.9. The van der Waals surface area contributed by atoms with E-state index in [1.54, 1.807) is 6.08 Å². The minimum Gasteiger partial charge on any atom is -0.507 e. The van der Waals surface area contributed by atoms with Gasteiger partial charge >= 0.3 is 0 Å². The second-order valence-corrected chi connectivity index (χ2v) is 5.04. The highest BCUT2D eigenvalue weighted by Gasteiger charge is 2.41. The van der Waals surface area contributed by atoms with Crippen LogP contribution in [0.2, 0.25) is 0 Å². The van der Waals surface area contributed by atoms with E-state index in [0.717, 1.165) is 49.7 Å². The molecule has 2 aliphatic carbocycles. The summed E-state index contributed by atoms with van der Waals surface area (Å²) in [5, 5.41) is 10.3. The molecular formula is C14H15NO2. The molecule has 0 aromatic heterocycles. The van der Waals surface area contributed by atoms with E-state index < -0.39 is 5.54 Å². The quantitative estimate of drug-likeness (QED) is 0.626. The third kappa shape index (κ3) is 1.43. The molecule has 3 heteroatoms. The van der Waals surface area contributed by atoms with Gasteiger partial charge < -0.3 is 5.11 Å². The molecule has 1 aromatic rings. The van der Waals surface area contributed by atoms with Gasteiger partial charge in [-0.2, -0.15) is 4.99 Å². The van der Waals surface area contributed by atoms with Crippen LogP contribution in [0.15, 0.2) is 17.1 Å². The average Bonchev–Trinajstić information content (AvgIpc) is 2.74. The molecule has 0 spiro atoms. The molecule has 1 N–H and O–H groups in total. The van der Waals surface area contributed by atoms with Crippen LogP contribution in [0, 0.1) is 0 Å². The second-order valence-electron chi connectivity index (χ2n) is 5.04. The molecule has 3 rings (SSSR count). The molecule has 0 atom stereocenters. The number of nitrogens with zero attached hydrogens (tertiary/aromatic N) is 1. The van der Waals surface area contributed by atoms with Crippen molar-refractivity contribution in [1.29, 1.82) is 0 Å². The molecule has 3 nitrogen and oxygen atoms in total. The van der Waals surface area contributed by atoms with Crippen LogP contribution < -0.4 is 0 Å². The number of hydrogen-bond acceptors (Lipinski definition) is 3. The van der Waals surface area contributed by atoms with Crippen molar-refractivity contribution in [3.63, 3.8) is 0 Å². The molecule has 0 aliphatic heterocycles. The molecule has 1 fully saturated rings. The molecule has 0 saturated heterocycles. The highest BCUT2D eigenvalue weighted by molar-refractivity contribution is 5.52. The van der Waals surface area contributed by atoms with E-state index in [2.05, 4.69) is 11.1 Å². The van der Waals surface area contributed by atoms with Crippen LogP contribution in [0.1, 0.15) is 42.4 Å². The Labute approximate surface area is 100 Å². The minimum atomic E-state index is -0.483. The van der Waals surface area contributed by atoms with Gasteiger partial charge in [0, 0.05) is 5.56 Å². The number of carbonyl (C=O) groups excluding carboxylic acids is 1. The van der Waals surface area contributed by atoms with Gasteiger partial charge in [-0.05, 0) is 49.7 Å². The summed E-state index contributed by atoms with van der Waals surface area (Å²) in [6, 6.07) is 4.03. The first-order valence-corrected chi connectivity index (χ1v) is 6.20. The Balaban J connectivity index is 2.12. The predicted octanol–water partition coefficient (Wildman–Crippen LogP) is 2.60. The van der Waals surface area contributed by atoms with Gasteiger partial charge in [0.1, 0.15) is 11.3 Å². The van der Waals surface area contributed by atoms with Gasteiger partial charge in [-0.1, -0.05) is 12.1 Å². The van der Waals surface area contributed by atoms with Gasteiger partial charge in [0.2, 0.25) is 6.08 Å². The van der Waals surface area contributed by atoms with E-state index in [9.17, 15) is 9.90 Å². The van der Waals surface area contributed by atoms with E-state index in [0.29, 0.717) is 5.75 Å². The Hall–Kier alpha value is -1.60. The fraction of sp³-hybridized carbons (Fsp3) is 0.500. The summed E-state index contributed by atoms with van der Waals surface area (Å²) in [5.41, 5.74) is 2.65. The topological polar surface area (TPSA) is 49.7 Å². The highest BCUT2D eigenvalue weighted by atomic mass is 16.3. The second kappa shape index (κ2) is 3.71. The van der Waals surface area contributed by atoms with E-state index >= 15 is 0 Å². The van der Waals surface area contributed by atoms with Crippen LogP contribution in [0.5, 0.6) is 5.75 Å². The van der Waals surface area contributed by atoms with Gasteiger partial charge in [0.05, 0.1) is 0 Å². The third-order valence-electron chi connectivity index (χ3n) is 4.19. The summed E-state index contributed by atoms with van der Waals surface area (Å²) in [5.74, 6) is 0.374. The molecule has 0 heterocycles. The molecule has 0 radical (unpaired) electrons. The molecule has 1 aromatic carbocycles. The van der Waals surface area contributed by atoms with Crippen molar-refractivity contribution in [1.82, 2.24) is 0 Å². The van der Waals surface area contributed by atoms with E-state index in [1.165, 1.54) is 5.56 Å². The lowest BCUT2D eigenvalue weighted by atomic mass is 9.71. The first-order chi connectivity index (χ1) is 8.27. The molecule has 0 unspecified atom stereocenters. The van der Waals surface area contributed by atoms with E-state index in [4.69, 9.17) is 0 Å². The molecule has 17 heavy (non-hydrogen) atoms. The number of isocyanates is 1. The van der Waals surface area contributed by atoms with Crippen molar-refractivity contribution in [2.75, 3.05) is 0 Å². The number of benzene rings is 1. The van der Waals surface area contributed by atoms with Crippen molar-refractivity contribution in [2.24, 2.45) is 4.99 Å². The Bertz CT molecular complexity index is 511. The Kier molecular flexibility index (Phi) is 2.30. The molecule has 0 bridgehead atoms. The SMILES string of the molecule is O=C=NC1(c2ccc3c(c2O)CCC3)CCC1. The van der Waals surface area contributed by atoms with Crippen molar-refractivity contribution >= 4 is 6.08 Å². The molecule has 88 valence electrons. The fourth-order valence-corrected chi connectivity index (χ4v) is 3.06. The Morgan fingerprint density at radius 3 is 2.71 bits per heavy atom. The van der Waals surface area contributed by atoms with Crippen molar-refractivity contribution in [3.8, 4) is 5.75 Å². The van der Waals surface area contributed by atoms with Gasteiger partial charge in [0.25, 0.3) is 0 Å². The number of aromatic hydroxyl groups is 1. The maximum atomic E-state index is 10.6. The first-order valence-electron chi connectivity index (χ1n) is 6.20. The number of aryl methyl sites for hydroxylation is 1. The Morgan fingerprint density at radius 1 is 1.24 bits per heavy atom. The predicted molar refractivity (Wildman–Crippen MR) is 63.8 cm³/mol. The maximum absolute atomic E-state index is 10.6. The molecule has 0 amide bonds. The lowest BCUT2D eigenvalue weighted by molar-refractivity contribution is 0.247. The third-order valence-corrected chi connectivity index (χ3v) is 4.19. The van der Waals surface area contributed by atoms with Crippen LogP contribution >= 0.6 is 0 Å². The Morgan fingerprint density at radius 2 is 2.06 bits per heavy atom. The van der Waals surface area contributed by atoms with Crippen molar-refractivity contribution in [3.05, 3.63) is 28.8 Å². The zero-order valence-corrected chi connectivity index (χ0v) is 9.70. The number of fused-ring (bicyclic) bond motifs is 1. The van der Waals surface area contributed by atoms with Crippen molar-refractivity contribution in [2.45, 2.75) is 44.1 Å². The summed E-state index contributed by atoms with van der Waals surface area (Å²) in [6.07, 6.45) is 7.51. The van der Waals surface area contributed by atoms with Crippen molar-refractivity contribution < 1.29 is 9.90 Å². The summed E-state index contributed by atoms with van der Waals surface area (Å²) >= 11 is 0. The lowest BCUT2D eigenvalue weighted by Gasteiger charge is -2.37. The number of rotatable bonds is 2. The largest absolute Gasteiger partial charge is 0.507 e. The smallest absolute Gasteiger partial charge is 0.235 e. The molecule has 2 aliphatic rings. The van der Waals surface area contributed by atoms with Crippen LogP contribution in [0.4, 0.5) is 0 Å². The van der Waals surface area contributed by atoms with Crippen LogP contribution in [-0.4, -0.2) is 11.2 Å². The summed E-state index contributed by atoms with van der Waals surface area (Å²) < 4.78 is 0. The van der Waals surface area contributed by atoms with Crippen LogP contribution in [0.25, 0.3) is 0 Å². The maximum Gasteiger partial charge on any atom is 0.235 e. The zero-order valence-electron chi connectivity index (χ0n) is 9.70. The summed E-state index contributed by atoms with van der Waals surface area (Å²) in [4.78, 5) is 14.5. The number of phenolic OH excluding ortho intramolecular Hbond substituents is 1. The monoisotopic (exact) mass is 229 g/mol. The van der Waals surface area contributed by atoms with Gasteiger partial charge in [-0.15, -0.1) is 0 Å². The average molecular weight is 229 g/mol. The van der Waals surface area contributed by atoms with E-state index in [1.807, 2.05) is 6.07 Å². The molecule has 1 saturated carbocycles. The van der Waals surface area contributed by atoms with E-state index in [-0.39, 0.29) is 0 Å². The molecular weight excluding hydrogens is 214 g/mol. The van der Waals surface area contributed by atoms with Gasteiger partial charge in [-0.3, -0.25) is 0 Å². The standard InChI is InChI=1S/C14H15NO2/c16-9-15-14(7-2-8-14)12-6-5-10-3-1-4-11(10)13(12)17/h5-6,17H,1-4,7-8H2. The van der Waals surface area contributed by atoms with Gasteiger partial charge in [-0.25, -0.2) is 4.79 Å². The number of aliphatic imine (C=N–C) groups is 1. The normalized spacial score (nSPS) is 20.2. The number of phenols is 1. The number of hydrogen-bond donors (Lipinski definition) is 1. The van der Waals surface area contributed by atoms with Gasteiger partial charge in [0.15, 0.2) is 0 Å². The fourth-order valence-electron chi connectivity index (χ4n) is 3.06.